The second-order valence-corrected chi connectivity index (χ2v) is 7.97. The van der Waals surface area contributed by atoms with Gasteiger partial charge in [0.2, 0.25) is 0 Å². The summed E-state index contributed by atoms with van der Waals surface area (Å²) in [5.74, 6) is 0.878. The first-order valence-electron chi connectivity index (χ1n) is 7.65. The normalized spacial score (nSPS) is 13.0. The van der Waals surface area contributed by atoms with Gasteiger partial charge >= 0.3 is 0 Å². The van der Waals surface area contributed by atoms with E-state index in [9.17, 15) is 0 Å². The summed E-state index contributed by atoms with van der Waals surface area (Å²) in [6.07, 6.45) is 5.12. The first-order valence-corrected chi connectivity index (χ1v) is 10.4. The van der Waals surface area contributed by atoms with Crippen molar-refractivity contribution in [2.45, 2.75) is 52.4 Å². The van der Waals surface area contributed by atoms with Crippen LogP contribution in [0.1, 0.15) is 63.5 Å². The molecule has 0 fully saturated rings. The Morgan fingerprint density at radius 3 is 1.58 bits per heavy atom. The average Bonchev–Trinajstić information content (AvgIpc) is 2.54. The van der Waals surface area contributed by atoms with Crippen LogP contribution in [0.5, 0.6) is 0 Å². The van der Waals surface area contributed by atoms with Crippen molar-refractivity contribution < 1.29 is 0 Å². The summed E-state index contributed by atoms with van der Waals surface area (Å²) in [7, 11) is 0. The van der Waals surface area contributed by atoms with Crippen molar-refractivity contribution >= 4 is 59.4 Å². The number of hydrogen-bond donors (Lipinski definition) is 0. The van der Waals surface area contributed by atoms with E-state index in [4.69, 9.17) is 11.6 Å². The Bertz CT molecular complexity index is 572. The van der Waals surface area contributed by atoms with E-state index in [1.165, 1.54) is 6.33 Å². The van der Waals surface area contributed by atoms with E-state index in [2.05, 4.69) is 95.4 Å². The van der Waals surface area contributed by atoms with E-state index in [1.807, 2.05) is 0 Å². The topological polar surface area (TPSA) is 51.6 Å². The second-order valence-electron chi connectivity index (χ2n) is 5.36. The summed E-state index contributed by atoms with van der Waals surface area (Å²) in [6.45, 7) is 8.53. The zero-order chi connectivity index (χ0) is 18.3. The van der Waals surface area contributed by atoms with Gasteiger partial charge in [-0.15, -0.1) is 0 Å². The van der Waals surface area contributed by atoms with E-state index >= 15 is 0 Å². The molecule has 0 N–H and O–H groups in total. The van der Waals surface area contributed by atoms with E-state index in [1.54, 1.807) is 6.33 Å². The lowest BCUT2D eigenvalue weighted by Gasteiger charge is -2.11. The van der Waals surface area contributed by atoms with Gasteiger partial charge in [0.25, 0.3) is 0 Å². The monoisotopic (exact) mass is 540 g/mol. The van der Waals surface area contributed by atoms with E-state index in [0.29, 0.717) is 17.0 Å². The third-order valence-corrected chi connectivity index (χ3v) is 5.98. The van der Waals surface area contributed by atoms with Gasteiger partial charge in [-0.2, -0.15) is 0 Å². The molecule has 8 heteroatoms. The second kappa shape index (κ2) is 10.8. The predicted molar refractivity (Wildman–Crippen MR) is 110 cm³/mol. The quantitative estimate of drug-likeness (QED) is 0.393. The molecular weight excluding hydrogens is 523 g/mol. The van der Waals surface area contributed by atoms with E-state index < -0.39 is 0 Å². The molecular formula is C16H20Br3ClN4. The van der Waals surface area contributed by atoms with E-state index in [0.717, 1.165) is 37.8 Å². The Morgan fingerprint density at radius 2 is 1.17 bits per heavy atom. The summed E-state index contributed by atoms with van der Waals surface area (Å²) >= 11 is 16.1. The third-order valence-electron chi connectivity index (χ3n) is 3.78. The minimum atomic E-state index is 0.396. The maximum Gasteiger partial charge on any atom is 0.137 e. The van der Waals surface area contributed by atoms with Gasteiger partial charge in [0.05, 0.1) is 0 Å². The molecule has 0 saturated carbocycles. The Morgan fingerprint density at radius 1 is 0.792 bits per heavy atom. The predicted octanol–water partition coefficient (Wildman–Crippen LogP) is 6.92. The lowest BCUT2D eigenvalue weighted by molar-refractivity contribution is 0.713. The van der Waals surface area contributed by atoms with Crippen LogP contribution in [0.3, 0.4) is 0 Å². The Hall–Kier alpha value is -0.110. The highest BCUT2D eigenvalue weighted by Gasteiger charge is 2.13. The van der Waals surface area contributed by atoms with Crippen molar-refractivity contribution in [3.8, 4) is 0 Å². The molecule has 0 amide bonds. The molecule has 2 aromatic heterocycles. The molecule has 132 valence electrons. The maximum atomic E-state index is 5.92. The van der Waals surface area contributed by atoms with Crippen LogP contribution in [0.15, 0.2) is 26.5 Å². The van der Waals surface area contributed by atoms with Gasteiger partial charge in [-0.1, -0.05) is 39.3 Å². The molecule has 0 unspecified atom stereocenters. The molecule has 0 saturated heterocycles. The fraction of sp³-hybridized carbons (Fsp3) is 0.500. The molecule has 4 nitrogen and oxygen atoms in total. The van der Waals surface area contributed by atoms with Crippen LogP contribution in [0.4, 0.5) is 0 Å². The molecule has 0 aliphatic rings. The summed E-state index contributed by atoms with van der Waals surface area (Å²) < 4.78 is 2.58. The van der Waals surface area contributed by atoms with Crippen LogP contribution in [0.25, 0.3) is 0 Å². The first kappa shape index (κ1) is 21.9. The molecule has 0 aliphatic carbocycles. The van der Waals surface area contributed by atoms with Crippen molar-refractivity contribution in [3.63, 3.8) is 0 Å². The van der Waals surface area contributed by atoms with Gasteiger partial charge < -0.3 is 0 Å². The van der Waals surface area contributed by atoms with Gasteiger partial charge in [0.1, 0.15) is 31.6 Å². The molecule has 2 heterocycles. The number of halogens is 4. The molecule has 2 rings (SSSR count). The Kier molecular flexibility index (Phi) is 9.86. The number of rotatable bonds is 4. The van der Waals surface area contributed by atoms with Crippen molar-refractivity contribution in [1.29, 1.82) is 0 Å². The minimum Gasteiger partial charge on any atom is -0.229 e. The summed E-state index contributed by atoms with van der Waals surface area (Å²) in [5, 5.41) is 0.547. The summed E-state index contributed by atoms with van der Waals surface area (Å²) in [4.78, 5) is 16.1. The smallest absolute Gasteiger partial charge is 0.137 e. The van der Waals surface area contributed by atoms with Gasteiger partial charge in [-0.3, -0.25) is 0 Å². The van der Waals surface area contributed by atoms with Crippen molar-refractivity contribution in [2.75, 3.05) is 0 Å². The van der Waals surface area contributed by atoms with Gasteiger partial charge in [-0.25, -0.2) is 19.9 Å². The highest BCUT2D eigenvalue weighted by atomic mass is 79.9. The van der Waals surface area contributed by atoms with Gasteiger partial charge in [-0.05, 0) is 72.5 Å². The number of hydrogen-bond acceptors (Lipinski definition) is 4. The Labute approximate surface area is 173 Å². The zero-order valence-electron chi connectivity index (χ0n) is 14.0. The van der Waals surface area contributed by atoms with Gasteiger partial charge in [0.15, 0.2) is 0 Å². The zero-order valence-corrected chi connectivity index (χ0v) is 19.5. The van der Waals surface area contributed by atoms with Gasteiger partial charge in [0, 0.05) is 11.1 Å². The van der Waals surface area contributed by atoms with Crippen molar-refractivity contribution in [2.24, 2.45) is 0 Å². The number of nitrogens with zero attached hydrogens (tertiary/aromatic N) is 4. The van der Waals surface area contributed by atoms with E-state index in [-0.39, 0.29) is 0 Å². The van der Waals surface area contributed by atoms with Crippen LogP contribution in [-0.2, 0) is 0 Å². The highest BCUT2D eigenvalue weighted by molar-refractivity contribution is 9.11. The van der Waals surface area contributed by atoms with Crippen LogP contribution < -0.4 is 0 Å². The maximum absolute atomic E-state index is 5.92. The molecule has 0 aromatic carbocycles. The fourth-order valence-electron chi connectivity index (χ4n) is 1.93. The lowest BCUT2D eigenvalue weighted by atomic mass is 10.0. The fourth-order valence-corrected chi connectivity index (χ4v) is 4.64. The highest BCUT2D eigenvalue weighted by Crippen LogP contribution is 2.31. The molecule has 2 atom stereocenters. The van der Waals surface area contributed by atoms with Crippen LogP contribution in [-0.4, -0.2) is 19.9 Å². The van der Waals surface area contributed by atoms with Crippen LogP contribution in [0.2, 0.25) is 5.15 Å². The average molecular weight is 544 g/mol. The van der Waals surface area contributed by atoms with Crippen LogP contribution >= 0.6 is 59.4 Å². The standard InChI is InChI=1S/C8H10Br2N2.C8H10BrClN2/c2*1-3-5(2)6-7(9)11-4-12-8(6)10/h2*4-5H,3H2,1-2H3/t2*5-/m11/s1. The molecule has 0 aliphatic heterocycles. The minimum absolute atomic E-state index is 0.396. The Balaban J connectivity index is 0.000000240. The molecule has 0 spiro atoms. The lowest BCUT2D eigenvalue weighted by Crippen LogP contribution is -1.98. The number of aromatic nitrogens is 4. The first-order chi connectivity index (χ1) is 11.3. The van der Waals surface area contributed by atoms with Crippen LogP contribution in [0, 0.1) is 0 Å². The summed E-state index contributed by atoms with van der Waals surface area (Å²) in [5.41, 5.74) is 2.15. The molecule has 24 heavy (non-hydrogen) atoms. The largest absolute Gasteiger partial charge is 0.229 e. The van der Waals surface area contributed by atoms with Crippen molar-refractivity contribution in [1.82, 2.24) is 19.9 Å². The van der Waals surface area contributed by atoms with Crippen molar-refractivity contribution in [3.05, 3.63) is 42.7 Å². The summed E-state index contributed by atoms with van der Waals surface area (Å²) in [6, 6.07) is 0. The molecule has 0 bridgehead atoms. The molecule has 0 radical (unpaired) electrons. The SMILES string of the molecule is CC[C@@H](C)c1c(Br)ncnc1Br.CC[C@@H](C)c1c(Cl)ncnc1Br. The third kappa shape index (κ3) is 6.00. The molecule has 2 aromatic rings.